The molecule has 1 aromatic carbocycles. The van der Waals surface area contributed by atoms with Crippen LogP contribution < -0.4 is 14.8 Å². The van der Waals surface area contributed by atoms with Crippen molar-refractivity contribution in [2.45, 2.75) is 37.0 Å². The molecule has 0 heterocycles. The van der Waals surface area contributed by atoms with Crippen molar-refractivity contribution in [2.75, 3.05) is 18.3 Å². The van der Waals surface area contributed by atoms with Crippen LogP contribution in [0.3, 0.4) is 0 Å². The molecule has 0 amide bonds. The van der Waals surface area contributed by atoms with E-state index < -0.39 is 31.1 Å². The third-order valence-electron chi connectivity index (χ3n) is 3.20. The molecule has 7 nitrogen and oxygen atoms in total. The van der Waals surface area contributed by atoms with Crippen molar-refractivity contribution in [3.05, 3.63) is 24.0 Å². The first kappa shape index (κ1) is 23.1. The molecule has 0 saturated heterocycles. The lowest BCUT2D eigenvalue weighted by molar-refractivity contribution is 0.553. The Bertz CT molecular complexity index is 754. The van der Waals surface area contributed by atoms with Gasteiger partial charge in [-0.15, -0.1) is 12.4 Å². The number of benzene rings is 1. The van der Waals surface area contributed by atoms with E-state index in [1.165, 1.54) is 13.8 Å². The number of halogens is 2. The standard InChI is InChI=1S/C13H22FN3O4S2.ClH/c1-9(2)22(18,19)17-13-6-5-11(7-12(13)14)23(20,21)16-8-10(3)15-4;/h5-7,9-10,15-17H,8H2,1-4H3;1H. The van der Waals surface area contributed by atoms with Gasteiger partial charge in [-0.3, -0.25) is 4.72 Å². The molecule has 0 spiro atoms. The predicted molar refractivity (Wildman–Crippen MR) is 95.0 cm³/mol. The van der Waals surface area contributed by atoms with Crippen molar-refractivity contribution in [1.82, 2.24) is 10.0 Å². The van der Waals surface area contributed by atoms with E-state index in [9.17, 15) is 21.2 Å². The maximum atomic E-state index is 14.0. The SMILES string of the molecule is CNC(C)CNS(=O)(=O)c1ccc(NS(=O)(=O)C(C)C)c(F)c1.Cl. The van der Waals surface area contributed by atoms with Crippen molar-refractivity contribution < 1.29 is 21.2 Å². The summed E-state index contributed by atoms with van der Waals surface area (Å²) in [5.74, 6) is -0.959. The van der Waals surface area contributed by atoms with Crippen LogP contribution in [-0.2, 0) is 20.0 Å². The van der Waals surface area contributed by atoms with Gasteiger partial charge in [0.15, 0.2) is 0 Å². The molecule has 11 heteroatoms. The van der Waals surface area contributed by atoms with E-state index in [4.69, 9.17) is 0 Å². The van der Waals surface area contributed by atoms with Crippen LogP contribution in [0.2, 0.25) is 0 Å². The Morgan fingerprint density at radius 3 is 2.17 bits per heavy atom. The summed E-state index contributed by atoms with van der Waals surface area (Å²) in [6.45, 7) is 4.83. The third-order valence-corrected chi connectivity index (χ3v) is 6.36. The highest BCUT2D eigenvalue weighted by atomic mass is 35.5. The minimum atomic E-state index is -3.87. The van der Waals surface area contributed by atoms with Crippen LogP contribution in [0.4, 0.5) is 10.1 Å². The summed E-state index contributed by atoms with van der Waals surface area (Å²) in [6, 6.07) is 2.93. The van der Waals surface area contributed by atoms with Crippen LogP contribution in [0.15, 0.2) is 23.1 Å². The lowest BCUT2D eigenvalue weighted by Crippen LogP contribution is -2.37. The van der Waals surface area contributed by atoms with E-state index >= 15 is 0 Å². The molecule has 1 rings (SSSR count). The monoisotopic (exact) mass is 403 g/mol. The average Bonchev–Trinajstić information content (AvgIpc) is 2.46. The number of sulfonamides is 2. The molecule has 1 atom stereocenters. The topological polar surface area (TPSA) is 104 Å². The molecule has 0 fully saturated rings. The summed E-state index contributed by atoms with van der Waals surface area (Å²) < 4.78 is 66.0. The minimum Gasteiger partial charge on any atom is -0.316 e. The summed E-state index contributed by atoms with van der Waals surface area (Å²) in [5, 5.41) is 2.13. The molecular formula is C13H23ClFN3O4S2. The van der Waals surface area contributed by atoms with Gasteiger partial charge in [0.05, 0.1) is 15.8 Å². The Labute approximate surface area is 148 Å². The molecular weight excluding hydrogens is 381 g/mol. The van der Waals surface area contributed by atoms with E-state index in [1.807, 2.05) is 0 Å². The van der Waals surface area contributed by atoms with Crippen molar-refractivity contribution >= 4 is 38.1 Å². The highest BCUT2D eigenvalue weighted by molar-refractivity contribution is 7.93. The van der Waals surface area contributed by atoms with Gasteiger partial charge < -0.3 is 5.32 Å². The Hall–Kier alpha value is -0.940. The number of nitrogens with one attached hydrogen (secondary N) is 3. The predicted octanol–water partition coefficient (Wildman–Crippen LogP) is 1.28. The fourth-order valence-electron chi connectivity index (χ4n) is 1.44. The summed E-state index contributed by atoms with van der Waals surface area (Å²) in [5.41, 5.74) is -0.291. The molecule has 140 valence electrons. The molecule has 3 N–H and O–H groups in total. The van der Waals surface area contributed by atoms with E-state index in [-0.39, 0.29) is 35.6 Å². The van der Waals surface area contributed by atoms with Crippen molar-refractivity contribution in [2.24, 2.45) is 0 Å². The molecule has 0 radical (unpaired) electrons. The smallest absolute Gasteiger partial charge is 0.240 e. The molecule has 0 bridgehead atoms. The maximum Gasteiger partial charge on any atom is 0.240 e. The quantitative estimate of drug-likeness (QED) is 0.606. The molecule has 0 aliphatic heterocycles. The fraction of sp³-hybridized carbons (Fsp3) is 0.538. The fourth-order valence-corrected chi connectivity index (χ4v) is 3.29. The lowest BCUT2D eigenvalue weighted by atomic mass is 10.3. The number of anilines is 1. The first-order valence-electron chi connectivity index (χ1n) is 6.97. The highest BCUT2D eigenvalue weighted by Crippen LogP contribution is 2.21. The van der Waals surface area contributed by atoms with E-state index in [2.05, 4.69) is 14.8 Å². The number of likely N-dealkylation sites (N-methyl/N-ethyl adjacent to an activating group) is 1. The Kier molecular flexibility index (Phi) is 8.60. The second-order valence-corrected chi connectivity index (χ2v) is 9.38. The largest absolute Gasteiger partial charge is 0.316 e. The lowest BCUT2D eigenvalue weighted by Gasteiger charge is -2.14. The van der Waals surface area contributed by atoms with Crippen LogP contribution in [0.5, 0.6) is 0 Å². The Morgan fingerprint density at radius 1 is 1.12 bits per heavy atom. The van der Waals surface area contributed by atoms with Crippen LogP contribution in [0.1, 0.15) is 20.8 Å². The van der Waals surface area contributed by atoms with Gasteiger partial charge in [-0.2, -0.15) is 0 Å². The zero-order valence-corrected chi connectivity index (χ0v) is 16.3. The number of hydrogen-bond donors (Lipinski definition) is 3. The van der Waals surface area contributed by atoms with Crippen LogP contribution in [-0.4, -0.2) is 41.7 Å². The minimum absolute atomic E-state index is 0. The second kappa shape index (κ2) is 8.95. The van der Waals surface area contributed by atoms with Crippen molar-refractivity contribution in [3.63, 3.8) is 0 Å². The molecule has 0 aromatic heterocycles. The molecule has 0 aliphatic rings. The Balaban J connectivity index is 0.00000529. The average molecular weight is 404 g/mol. The van der Waals surface area contributed by atoms with E-state index in [0.717, 1.165) is 18.2 Å². The first-order valence-corrected chi connectivity index (χ1v) is 10.0. The number of rotatable bonds is 8. The highest BCUT2D eigenvalue weighted by Gasteiger charge is 2.20. The van der Waals surface area contributed by atoms with Gasteiger partial charge in [0.1, 0.15) is 5.82 Å². The van der Waals surface area contributed by atoms with Gasteiger partial charge in [-0.05, 0) is 46.0 Å². The first-order chi connectivity index (χ1) is 10.5. The summed E-state index contributed by atoms with van der Waals surface area (Å²) in [6.07, 6.45) is 0. The van der Waals surface area contributed by atoms with Gasteiger partial charge in [-0.25, -0.2) is 25.9 Å². The van der Waals surface area contributed by atoms with Gasteiger partial charge in [0, 0.05) is 12.6 Å². The van der Waals surface area contributed by atoms with Gasteiger partial charge >= 0.3 is 0 Å². The van der Waals surface area contributed by atoms with Crippen molar-refractivity contribution in [1.29, 1.82) is 0 Å². The molecule has 0 aliphatic carbocycles. The normalized spacial score (nSPS) is 13.4. The summed E-state index contributed by atoms with van der Waals surface area (Å²) >= 11 is 0. The van der Waals surface area contributed by atoms with Gasteiger partial charge in [0.25, 0.3) is 0 Å². The van der Waals surface area contributed by atoms with Gasteiger partial charge in [0.2, 0.25) is 20.0 Å². The van der Waals surface area contributed by atoms with Crippen LogP contribution in [0, 0.1) is 5.82 Å². The molecule has 0 saturated carbocycles. The maximum absolute atomic E-state index is 14.0. The third kappa shape index (κ3) is 6.17. The molecule has 1 unspecified atom stereocenters. The summed E-state index contributed by atoms with van der Waals surface area (Å²) in [4.78, 5) is -0.272. The summed E-state index contributed by atoms with van der Waals surface area (Å²) in [7, 11) is -5.89. The zero-order chi connectivity index (χ0) is 17.8. The van der Waals surface area contributed by atoms with E-state index in [0.29, 0.717) is 0 Å². The van der Waals surface area contributed by atoms with E-state index in [1.54, 1.807) is 14.0 Å². The number of hydrogen-bond acceptors (Lipinski definition) is 5. The Morgan fingerprint density at radius 2 is 1.71 bits per heavy atom. The zero-order valence-electron chi connectivity index (χ0n) is 13.8. The second-order valence-electron chi connectivity index (χ2n) is 5.38. The van der Waals surface area contributed by atoms with Crippen LogP contribution >= 0.6 is 12.4 Å². The van der Waals surface area contributed by atoms with Gasteiger partial charge in [-0.1, -0.05) is 0 Å². The molecule has 1 aromatic rings. The van der Waals surface area contributed by atoms with Crippen molar-refractivity contribution in [3.8, 4) is 0 Å². The van der Waals surface area contributed by atoms with Crippen LogP contribution in [0.25, 0.3) is 0 Å². The molecule has 24 heavy (non-hydrogen) atoms.